The molecule has 0 heterocycles. The van der Waals surface area contributed by atoms with Crippen molar-refractivity contribution in [2.45, 2.75) is 46.2 Å². The highest BCUT2D eigenvalue weighted by Gasteiger charge is 2.12. The van der Waals surface area contributed by atoms with Crippen LogP contribution in [0, 0.1) is 5.92 Å². The molecule has 0 bridgehead atoms. The molecule has 1 N–H and O–H groups in total. The van der Waals surface area contributed by atoms with E-state index in [2.05, 4.69) is 33.0 Å². The molecule has 0 aliphatic carbocycles. The highest BCUT2D eigenvalue weighted by molar-refractivity contribution is 5.57. The third-order valence-electron chi connectivity index (χ3n) is 1.95. The first kappa shape index (κ1) is 10.6. The fourth-order valence-corrected chi connectivity index (χ4v) is 0.835. The van der Waals surface area contributed by atoms with Gasteiger partial charge in [0, 0.05) is 6.04 Å². The number of rotatable bonds is 5. The molecule has 0 aliphatic heterocycles. The summed E-state index contributed by atoms with van der Waals surface area (Å²) >= 11 is 0. The Morgan fingerprint density at radius 3 is 2.18 bits per heavy atom. The molecule has 2 heteroatoms. The summed E-state index contributed by atoms with van der Waals surface area (Å²) in [6.45, 7) is 8.31. The lowest BCUT2D eigenvalue weighted by Gasteiger charge is -2.20. The molecular weight excluding hydrogens is 138 g/mol. The lowest BCUT2D eigenvalue weighted by atomic mass is 10.0. The van der Waals surface area contributed by atoms with Gasteiger partial charge in [0.15, 0.2) is 0 Å². The lowest BCUT2D eigenvalue weighted by Crippen LogP contribution is -2.40. The van der Waals surface area contributed by atoms with Crippen LogP contribution in [0.3, 0.4) is 0 Å². The van der Waals surface area contributed by atoms with Crippen LogP contribution >= 0.6 is 0 Å². The summed E-state index contributed by atoms with van der Waals surface area (Å²) in [7, 11) is 0. The molecule has 0 unspecified atom stereocenters. The minimum absolute atomic E-state index is 0.0185. The maximum atomic E-state index is 10.5. The van der Waals surface area contributed by atoms with E-state index < -0.39 is 0 Å². The number of nitrogens with one attached hydrogen (secondary N) is 1. The van der Waals surface area contributed by atoms with Gasteiger partial charge in [-0.2, -0.15) is 0 Å². The van der Waals surface area contributed by atoms with Crippen molar-refractivity contribution in [1.29, 1.82) is 0 Å². The Hall–Kier alpha value is -0.370. The molecular formula is C9H19NO. The first-order chi connectivity index (χ1) is 5.11. The van der Waals surface area contributed by atoms with E-state index in [-0.39, 0.29) is 6.04 Å². The van der Waals surface area contributed by atoms with Gasteiger partial charge in [-0.25, -0.2) is 0 Å². The summed E-state index contributed by atoms with van der Waals surface area (Å²) in [6.07, 6.45) is 2.06. The second kappa shape index (κ2) is 5.30. The summed E-state index contributed by atoms with van der Waals surface area (Å²) in [6, 6.07) is 0.456. The van der Waals surface area contributed by atoms with E-state index >= 15 is 0 Å². The van der Waals surface area contributed by atoms with E-state index in [1.54, 1.807) is 0 Å². The van der Waals surface area contributed by atoms with Crippen LogP contribution in [-0.2, 0) is 4.79 Å². The van der Waals surface area contributed by atoms with Crippen molar-refractivity contribution in [1.82, 2.24) is 5.32 Å². The Bertz CT molecular complexity index is 112. The van der Waals surface area contributed by atoms with Crippen molar-refractivity contribution in [3.8, 4) is 0 Å². The minimum Gasteiger partial charge on any atom is -0.305 e. The quantitative estimate of drug-likeness (QED) is 0.614. The first-order valence-corrected chi connectivity index (χ1v) is 4.33. The zero-order valence-corrected chi connectivity index (χ0v) is 7.92. The van der Waals surface area contributed by atoms with Gasteiger partial charge in [0.25, 0.3) is 0 Å². The van der Waals surface area contributed by atoms with E-state index in [0.717, 1.165) is 12.7 Å². The Labute approximate surface area is 69.4 Å². The molecule has 66 valence electrons. The number of carbonyl (C=O) groups excluding carboxylic acids is 1. The predicted octanol–water partition coefficient (Wildman–Crippen LogP) is 1.60. The molecule has 0 amide bonds. The Kier molecular flexibility index (Phi) is 5.12. The van der Waals surface area contributed by atoms with Crippen LogP contribution in [0.2, 0.25) is 0 Å². The van der Waals surface area contributed by atoms with Crippen molar-refractivity contribution in [3.63, 3.8) is 0 Å². The number of aldehydes is 1. The van der Waals surface area contributed by atoms with E-state index in [0.29, 0.717) is 12.0 Å². The van der Waals surface area contributed by atoms with Crippen LogP contribution in [0.4, 0.5) is 0 Å². The fraction of sp³-hybridized carbons (Fsp3) is 0.889. The van der Waals surface area contributed by atoms with Gasteiger partial charge in [0.05, 0.1) is 6.04 Å². The summed E-state index contributed by atoms with van der Waals surface area (Å²) in [5.41, 5.74) is 0. The molecule has 0 rings (SSSR count). The monoisotopic (exact) mass is 157 g/mol. The molecule has 0 saturated carbocycles. The van der Waals surface area contributed by atoms with E-state index in [9.17, 15) is 4.79 Å². The van der Waals surface area contributed by atoms with Crippen LogP contribution in [0.25, 0.3) is 0 Å². The molecule has 0 fully saturated rings. The fourth-order valence-electron chi connectivity index (χ4n) is 0.835. The molecule has 0 aliphatic rings. The second-order valence-corrected chi connectivity index (χ2v) is 3.38. The zero-order chi connectivity index (χ0) is 8.85. The van der Waals surface area contributed by atoms with Crippen molar-refractivity contribution >= 4 is 6.29 Å². The Morgan fingerprint density at radius 2 is 1.91 bits per heavy atom. The minimum atomic E-state index is 0.0185. The van der Waals surface area contributed by atoms with E-state index in [1.165, 1.54) is 0 Å². The van der Waals surface area contributed by atoms with Crippen LogP contribution < -0.4 is 5.32 Å². The topological polar surface area (TPSA) is 29.1 Å². The molecule has 0 saturated heterocycles. The van der Waals surface area contributed by atoms with E-state index in [4.69, 9.17) is 0 Å². The summed E-state index contributed by atoms with van der Waals surface area (Å²) < 4.78 is 0. The SMILES string of the molecule is CC[C@@H](C)N[C@H](C=O)C(C)C. The number of hydrogen-bond donors (Lipinski definition) is 1. The molecule has 0 aromatic heterocycles. The number of hydrogen-bond acceptors (Lipinski definition) is 2. The van der Waals surface area contributed by atoms with Gasteiger partial charge in [-0.3, -0.25) is 0 Å². The third-order valence-corrected chi connectivity index (χ3v) is 1.95. The van der Waals surface area contributed by atoms with Gasteiger partial charge in [-0.05, 0) is 19.3 Å². The largest absolute Gasteiger partial charge is 0.305 e. The van der Waals surface area contributed by atoms with Crippen LogP contribution in [0.5, 0.6) is 0 Å². The van der Waals surface area contributed by atoms with Crippen LogP contribution in [0.15, 0.2) is 0 Å². The molecule has 11 heavy (non-hydrogen) atoms. The normalized spacial score (nSPS) is 16.5. The molecule has 2 atom stereocenters. The highest BCUT2D eigenvalue weighted by Crippen LogP contribution is 2.00. The van der Waals surface area contributed by atoms with Crippen molar-refractivity contribution in [3.05, 3.63) is 0 Å². The molecule has 0 radical (unpaired) electrons. The first-order valence-electron chi connectivity index (χ1n) is 4.33. The Morgan fingerprint density at radius 1 is 1.36 bits per heavy atom. The third kappa shape index (κ3) is 4.14. The molecule has 0 spiro atoms. The molecule has 0 aromatic rings. The maximum Gasteiger partial charge on any atom is 0.137 e. The zero-order valence-electron chi connectivity index (χ0n) is 7.92. The number of carbonyl (C=O) groups is 1. The second-order valence-electron chi connectivity index (χ2n) is 3.38. The summed E-state index contributed by atoms with van der Waals surface area (Å²) in [5.74, 6) is 0.390. The average molecular weight is 157 g/mol. The molecule has 2 nitrogen and oxygen atoms in total. The predicted molar refractivity (Wildman–Crippen MR) is 47.6 cm³/mol. The van der Waals surface area contributed by atoms with Crippen molar-refractivity contribution < 1.29 is 4.79 Å². The van der Waals surface area contributed by atoms with Crippen molar-refractivity contribution in [2.24, 2.45) is 5.92 Å². The van der Waals surface area contributed by atoms with Crippen molar-refractivity contribution in [2.75, 3.05) is 0 Å². The summed E-state index contributed by atoms with van der Waals surface area (Å²) in [4.78, 5) is 10.5. The van der Waals surface area contributed by atoms with Gasteiger partial charge in [0.1, 0.15) is 6.29 Å². The highest BCUT2D eigenvalue weighted by atomic mass is 16.1. The lowest BCUT2D eigenvalue weighted by molar-refractivity contribution is -0.110. The smallest absolute Gasteiger partial charge is 0.137 e. The summed E-state index contributed by atoms with van der Waals surface area (Å²) in [5, 5.41) is 3.25. The van der Waals surface area contributed by atoms with Gasteiger partial charge in [0.2, 0.25) is 0 Å². The van der Waals surface area contributed by atoms with Gasteiger partial charge in [-0.15, -0.1) is 0 Å². The average Bonchev–Trinajstić information content (AvgIpc) is 1.99. The van der Waals surface area contributed by atoms with Gasteiger partial charge in [-0.1, -0.05) is 20.8 Å². The standard InChI is InChI=1S/C9H19NO/c1-5-8(4)10-9(6-11)7(2)3/h6-10H,5H2,1-4H3/t8-,9-/m1/s1. The van der Waals surface area contributed by atoms with Crippen LogP contribution in [0.1, 0.15) is 34.1 Å². The maximum absolute atomic E-state index is 10.5. The van der Waals surface area contributed by atoms with Gasteiger partial charge >= 0.3 is 0 Å². The van der Waals surface area contributed by atoms with E-state index in [1.807, 2.05) is 0 Å². The Balaban J connectivity index is 3.77. The van der Waals surface area contributed by atoms with Crippen LogP contribution in [-0.4, -0.2) is 18.4 Å². The van der Waals surface area contributed by atoms with Gasteiger partial charge < -0.3 is 10.1 Å². The molecule has 0 aromatic carbocycles.